The van der Waals surface area contributed by atoms with Gasteiger partial charge in [-0.05, 0) is 42.0 Å². The van der Waals surface area contributed by atoms with E-state index in [4.69, 9.17) is 4.99 Å². The van der Waals surface area contributed by atoms with Crippen molar-refractivity contribution in [2.75, 3.05) is 11.9 Å². The molecule has 3 aliphatic rings. The highest BCUT2D eigenvalue weighted by atomic mass is 15.0. The number of fused-ring (bicyclic) bond motifs is 2. The second-order valence-corrected chi connectivity index (χ2v) is 5.89. The van der Waals surface area contributed by atoms with Gasteiger partial charge < -0.3 is 5.32 Å². The molecule has 1 N–H and O–H groups in total. The Kier molecular flexibility index (Phi) is 2.64. The molecule has 0 amide bonds. The number of benzene rings is 1. The first kappa shape index (κ1) is 11.2. The van der Waals surface area contributed by atoms with Crippen LogP contribution in [0.5, 0.6) is 0 Å². The molecule has 1 aromatic carbocycles. The predicted molar refractivity (Wildman–Crippen MR) is 79.1 cm³/mol. The Morgan fingerprint density at radius 3 is 3.11 bits per heavy atom. The number of anilines is 1. The van der Waals surface area contributed by atoms with Crippen molar-refractivity contribution in [3.05, 3.63) is 29.3 Å². The molecule has 1 fully saturated rings. The third-order valence-corrected chi connectivity index (χ3v) is 4.67. The van der Waals surface area contributed by atoms with Crippen molar-refractivity contribution in [3.8, 4) is 0 Å². The molecule has 4 rings (SSSR count). The molecule has 1 aliphatic carbocycles. The molecule has 0 spiro atoms. The van der Waals surface area contributed by atoms with Crippen molar-refractivity contribution >= 4 is 17.7 Å². The molecular formula is C16H19N3. The molecule has 1 saturated carbocycles. The zero-order valence-corrected chi connectivity index (χ0v) is 11.1. The first-order chi connectivity index (χ1) is 9.40. The lowest BCUT2D eigenvalue weighted by molar-refractivity contribution is 0.328. The number of aliphatic imine (C=N–C) groups is 2. The third kappa shape index (κ3) is 1.97. The summed E-state index contributed by atoms with van der Waals surface area (Å²) in [5.41, 5.74) is 3.75. The maximum absolute atomic E-state index is 4.74. The minimum atomic E-state index is 0.677. The van der Waals surface area contributed by atoms with E-state index in [1.807, 2.05) is 6.21 Å². The van der Waals surface area contributed by atoms with Crippen LogP contribution in [0.15, 0.2) is 28.2 Å². The van der Waals surface area contributed by atoms with Crippen LogP contribution in [0.3, 0.4) is 0 Å². The van der Waals surface area contributed by atoms with Crippen LogP contribution in [0.4, 0.5) is 5.69 Å². The van der Waals surface area contributed by atoms with Gasteiger partial charge in [-0.3, -0.25) is 9.98 Å². The molecule has 0 saturated heterocycles. The van der Waals surface area contributed by atoms with Crippen LogP contribution in [0.2, 0.25) is 0 Å². The van der Waals surface area contributed by atoms with Gasteiger partial charge in [0.05, 0.1) is 6.54 Å². The van der Waals surface area contributed by atoms with Crippen LogP contribution in [0, 0.1) is 11.8 Å². The van der Waals surface area contributed by atoms with Gasteiger partial charge in [0.2, 0.25) is 0 Å². The smallest absolute Gasteiger partial charge is 0.104 e. The Labute approximate surface area is 113 Å². The molecule has 2 heterocycles. The van der Waals surface area contributed by atoms with Gasteiger partial charge in [0.1, 0.15) is 5.84 Å². The topological polar surface area (TPSA) is 36.8 Å². The maximum Gasteiger partial charge on any atom is 0.104 e. The Morgan fingerprint density at radius 1 is 1.16 bits per heavy atom. The lowest BCUT2D eigenvalue weighted by atomic mass is 9.80. The maximum atomic E-state index is 4.74. The van der Waals surface area contributed by atoms with Gasteiger partial charge >= 0.3 is 0 Å². The van der Waals surface area contributed by atoms with Crippen molar-refractivity contribution in [3.63, 3.8) is 0 Å². The summed E-state index contributed by atoms with van der Waals surface area (Å²) in [7, 11) is 0. The number of amidine groups is 1. The third-order valence-electron chi connectivity index (χ3n) is 4.67. The van der Waals surface area contributed by atoms with Gasteiger partial charge in [-0.1, -0.05) is 18.9 Å². The zero-order valence-electron chi connectivity index (χ0n) is 11.1. The fourth-order valence-corrected chi connectivity index (χ4v) is 3.58. The van der Waals surface area contributed by atoms with Crippen LogP contribution in [-0.2, 0) is 6.54 Å². The molecule has 0 bridgehead atoms. The number of nitrogens with one attached hydrogen (secondary N) is 1. The monoisotopic (exact) mass is 253 g/mol. The van der Waals surface area contributed by atoms with Gasteiger partial charge in [-0.25, -0.2) is 0 Å². The summed E-state index contributed by atoms with van der Waals surface area (Å²) in [6.07, 6.45) is 7.39. The van der Waals surface area contributed by atoms with E-state index >= 15 is 0 Å². The van der Waals surface area contributed by atoms with E-state index in [2.05, 4.69) is 28.5 Å². The lowest BCUT2D eigenvalue weighted by Gasteiger charge is -2.26. The van der Waals surface area contributed by atoms with E-state index in [0.29, 0.717) is 5.92 Å². The average Bonchev–Trinajstić information content (AvgIpc) is 3.06. The fourth-order valence-electron chi connectivity index (χ4n) is 3.58. The molecule has 2 unspecified atom stereocenters. The molecule has 0 radical (unpaired) electrons. The lowest BCUT2D eigenvalue weighted by Crippen LogP contribution is -2.27. The van der Waals surface area contributed by atoms with E-state index in [-0.39, 0.29) is 0 Å². The van der Waals surface area contributed by atoms with Crippen LogP contribution in [-0.4, -0.2) is 18.6 Å². The van der Waals surface area contributed by atoms with Crippen molar-refractivity contribution < 1.29 is 0 Å². The first-order valence-electron chi connectivity index (χ1n) is 7.34. The van der Waals surface area contributed by atoms with Crippen LogP contribution in [0.1, 0.15) is 36.8 Å². The SMILES string of the molecule is C1=NCc2ccc(NC3=NCC4CCCCC34)cc21. The highest BCUT2D eigenvalue weighted by Gasteiger charge is 2.33. The van der Waals surface area contributed by atoms with Crippen LogP contribution >= 0.6 is 0 Å². The van der Waals surface area contributed by atoms with Gasteiger partial charge in [0.15, 0.2) is 0 Å². The first-order valence-corrected chi connectivity index (χ1v) is 7.34. The molecule has 3 heteroatoms. The molecule has 98 valence electrons. The Balaban J connectivity index is 1.54. The zero-order chi connectivity index (χ0) is 12.7. The van der Waals surface area contributed by atoms with E-state index < -0.39 is 0 Å². The van der Waals surface area contributed by atoms with Gasteiger partial charge in [0.25, 0.3) is 0 Å². The molecule has 2 atom stereocenters. The summed E-state index contributed by atoms with van der Waals surface area (Å²) < 4.78 is 0. The summed E-state index contributed by atoms with van der Waals surface area (Å²) in [5, 5.41) is 3.56. The summed E-state index contributed by atoms with van der Waals surface area (Å²) >= 11 is 0. The van der Waals surface area contributed by atoms with Gasteiger partial charge in [0, 0.05) is 24.4 Å². The second kappa shape index (κ2) is 4.48. The molecule has 2 aliphatic heterocycles. The highest BCUT2D eigenvalue weighted by Crippen LogP contribution is 2.35. The summed E-state index contributed by atoms with van der Waals surface area (Å²) in [5.74, 6) is 2.70. The van der Waals surface area contributed by atoms with Gasteiger partial charge in [-0.15, -0.1) is 0 Å². The van der Waals surface area contributed by atoms with E-state index in [9.17, 15) is 0 Å². The van der Waals surface area contributed by atoms with Crippen molar-refractivity contribution in [1.29, 1.82) is 0 Å². The van der Waals surface area contributed by atoms with Crippen LogP contribution < -0.4 is 5.32 Å². The van der Waals surface area contributed by atoms with E-state index in [1.54, 1.807) is 0 Å². The quantitative estimate of drug-likeness (QED) is 0.819. The molecule has 0 aromatic heterocycles. The Bertz CT molecular complexity index is 559. The summed E-state index contributed by atoms with van der Waals surface area (Å²) in [6, 6.07) is 6.54. The van der Waals surface area contributed by atoms with Crippen molar-refractivity contribution in [1.82, 2.24) is 0 Å². The number of rotatable bonds is 1. The minimum absolute atomic E-state index is 0.677. The van der Waals surface area contributed by atoms with Crippen molar-refractivity contribution in [2.45, 2.75) is 32.2 Å². The number of hydrogen-bond donors (Lipinski definition) is 1. The van der Waals surface area contributed by atoms with Gasteiger partial charge in [-0.2, -0.15) is 0 Å². The standard InChI is InChI=1S/C16H19N3/c1-2-4-15-12(3-1)10-18-16(15)19-14-6-5-11-8-17-9-13(11)7-14/h5-7,9,12,15H,1-4,8,10H2,(H,18,19). The highest BCUT2D eigenvalue weighted by molar-refractivity contribution is 5.99. The Morgan fingerprint density at radius 2 is 2.11 bits per heavy atom. The predicted octanol–water partition coefficient (Wildman–Crippen LogP) is 3.25. The summed E-state index contributed by atoms with van der Waals surface area (Å²) in [6.45, 7) is 1.86. The normalized spacial score (nSPS) is 27.9. The minimum Gasteiger partial charge on any atom is -0.344 e. The van der Waals surface area contributed by atoms with Crippen molar-refractivity contribution in [2.24, 2.45) is 21.8 Å². The number of nitrogens with zero attached hydrogens (tertiary/aromatic N) is 2. The average molecular weight is 253 g/mol. The fraction of sp³-hybridized carbons (Fsp3) is 0.500. The molecule has 1 aromatic rings. The molecular weight excluding hydrogens is 234 g/mol. The van der Waals surface area contributed by atoms with E-state index in [0.717, 1.165) is 24.7 Å². The number of hydrogen-bond acceptors (Lipinski definition) is 3. The largest absolute Gasteiger partial charge is 0.344 e. The molecule has 19 heavy (non-hydrogen) atoms. The van der Waals surface area contributed by atoms with Crippen LogP contribution in [0.25, 0.3) is 0 Å². The van der Waals surface area contributed by atoms with E-state index in [1.165, 1.54) is 42.6 Å². The second-order valence-electron chi connectivity index (χ2n) is 5.89. The molecule has 3 nitrogen and oxygen atoms in total. The Hall–Kier alpha value is -1.64. The summed E-state index contributed by atoms with van der Waals surface area (Å²) in [4.78, 5) is 9.05.